The summed E-state index contributed by atoms with van der Waals surface area (Å²) >= 11 is 0. The lowest BCUT2D eigenvalue weighted by Crippen LogP contribution is -2.20. The van der Waals surface area contributed by atoms with Gasteiger partial charge in [-0.15, -0.1) is 13.2 Å². The highest BCUT2D eigenvalue weighted by molar-refractivity contribution is 5.45. The summed E-state index contributed by atoms with van der Waals surface area (Å²) < 4.78 is 0. The van der Waals surface area contributed by atoms with E-state index >= 15 is 0 Å². The first-order valence-corrected chi connectivity index (χ1v) is 8.88. The molecule has 0 aliphatic rings. The maximum absolute atomic E-state index is 3.91. The second kappa shape index (κ2) is 7.66. The van der Waals surface area contributed by atoms with Crippen LogP contribution in [0.5, 0.6) is 0 Å². The Morgan fingerprint density at radius 3 is 1.96 bits per heavy atom. The zero-order valence-electron chi connectivity index (χ0n) is 15.7. The number of hydrogen-bond acceptors (Lipinski definition) is 0. The number of allylic oxidation sites excluding steroid dienone is 2. The lowest BCUT2D eigenvalue weighted by atomic mass is 9.76. The Balaban J connectivity index is 2.49. The van der Waals surface area contributed by atoms with Crippen molar-refractivity contribution in [1.29, 1.82) is 0 Å². The zero-order valence-corrected chi connectivity index (χ0v) is 15.7. The molecule has 2 aromatic rings. The van der Waals surface area contributed by atoms with Crippen molar-refractivity contribution >= 4 is 0 Å². The molecule has 0 heterocycles. The number of aryl methyl sites for hydroxylation is 2. The monoisotopic (exact) mass is 318 g/mol. The first-order valence-electron chi connectivity index (χ1n) is 8.88. The molecule has 0 aliphatic carbocycles. The van der Waals surface area contributed by atoms with Crippen molar-refractivity contribution in [1.82, 2.24) is 0 Å². The van der Waals surface area contributed by atoms with Gasteiger partial charge < -0.3 is 0 Å². The van der Waals surface area contributed by atoms with Gasteiger partial charge in [-0.3, -0.25) is 0 Å². The van der Waals surface area contributed by atoms with Crippen molar-refractivity contribution in [3.63, 3.8) is 0 Å². The van der Waals surface area contributed by atoms with Crippen molar-refractivity contribution in [3.05, 3.63) is 95.1 Å². The van der Waals surface area contributed by atoms with Crippen LogP contribution in [0.15, 0.2) is 61.7 Å². The molecule has 0 unspecified atom stereocenters. The van der Waals surface area contributed by atoms with E-state index < -0.39 is 0 Å². The predicted octanol–water partition coefficient (Wildman–Crippen LogP) is 6.34. The summed E-state index contributed by atoms with van der Waals surface area (Å²) in [6.45, 7) is 16.8. The third kappa shape index (κ3) is 3.70. The Kier molecular flexibility index (Phi) is 5.83. The lowest BCUT2D eigenvalue weighted by molar-refractivity contribution is 0.638. The SMILES string of the molecule is C=CCc1cc(C(C)(C)c2ccc(CC)c(CC=C)c2)ccc1C. The molecule has 0 nitrogen and oxygen atoms in total. The average molecular weight is 319 g/mol. The van der Waals surface area contributed by atoms with Gasteiger partial charge in [-0.1, -0.05) is 69.3 Å². The topological polar surface area (TPSA) is 0 Å². The second-order valence-electron chi connectivity index (χ2n) is 7.09. The van der Waals surface area contributed by atoms with Gasteiger partial charge in [-0.25, -0.2) is 0 Å². The molecule has 0 bridgehead atoms. The van der Waals surface area contributed by atoms with Crippen LogP contribution >= 0.6 is 0 Å². The summed E-state index contributed by atoms with van der Waals surface area (Å²) in [5, 5.41) is 0. The van der Waals surface area contributed by atoms with Crippen LogP contribution in [0.1, 0.15) is 54.2 Å². The molecular weight excluding hydrogens is 288 g/mol. The van der Waals surface area contributed by atoms with Crippen LogP contribution in [0, 0.1) is 6.92 Å². The fourth-order valence-corrected chi connectivity index (χ4v) is 3.31. The third-order valence-corrected chi connectivity index (χ3v) is 5.11. The highest BCUT2D eigenvalue weighted by Crippen LogP contribution is 2.34. The largest absolute Gasteiger partial charge is 0.103 e. The fraction of sp³-hybridized carbons (Fsp3) is 0.333. The van der Waals surface area contributed by atoms with Crippen LogP contribution < -0.4 is 0 Å². The first kappa shape index (κ1) is 18.3. The van der Waals surface area contributed by atoms with Gasteiger partial charge in [0.25, 0.3) is 0 Å². The van der Waals surface area contributed by atoms with Gasteiger partial charge >= 0.3 is 0 Å². The van der Waals surface area contributed by atoms with E-state index in [2.05, 4.69) is 77.3 Å². The Bertz CT molecular complexity index is 732. The molecule has 0 saturated carbocycles. The van der Waals surface area contributed by atoms with Gasteiger partial charge in [0.05, 0.1) is 0 Å². The fourth-order valence-electron chi connectivity index (χ4n) is 3.31. The van der Waals surface area contributed by atoms with Crippen LogP contribution in [-0.2, 0) is 24.7 Å². The molecule has 126 valence electrons. The van der Waals surface area contributed by atoms with Gasteiger partial charge in [-0.2, -0.15) is 0 Å². The molecule has 0 spiro atoms. The average Bonchev–Trinajstić information content (AvgIpc) is 2.57. The predicted molar refractivity (Wildman–Crippen MR) is 107 cm³/mol. The standard InChI is InChI=1S/C24H30/c1-7-10-20-16-22(14-12-18(20)4)24(5,6)23-15-13-19(9-3)21(17-23)11-8-2/h7-8,12-17H,1-2,9-11H2,3-6H3. The van der Waals surface area contributed by atoms with E-state index in [-0.39, 0.29) is 5.41 Å². The number of benzene rings is 2. The van der Waals surface area contributed by atoms with E-state index in [1.165, 1.54) is 33.4 Å². The molecular formula is C24H30. The quantitative estimate of drug-likeness (QED) is 0.522. The summed E-state index contributed by atoms with van der Waals surface area (Å²) in [7, 11) is 0. The zero-order chi connectivity index (χ0) is 17.7. The minimum atomic E-state index is -0.0220. The molecule has 2 rings (SSSR count). The molecule has 2 aromatic carbocycles. The Morgan fingerprint density at radius 2 is 1.38 bits per heavy atom. The van der Waals surface area contributed by atoms with Gasteiger partial charge in [0.1, 0.15) is 0 Å². The van der Waals surface area contributed by atoms with Crippen LogP contribution in [0.4, 0.5) is 0 Å². The molecule has 0 N–H and O–H groups in total. The molecule has 0 fully saturated rings. The molecule has 24 heavy (non-hydrogen) atoms. The summed E-state index contributed by atoms with van der Waals surface area (Å²) in [5.41, 5.74) is 8.23. The molecule has 0 heteroatoms. The molecule has 0 aromatic heterocycles. The van der Waals surface area contributed by atoms with E-state index in [1.54, 1.807) is 0 Å². The summed E-state index contributed by atoms with van der Waals surface area (Å²) in [5.74, 6) is 0. The first-order chi connectivity index (χ1) is 11.4. The van der Waals surface area contributed by atoms with Crippen LogP contribution in [-0.4, -0.2) is 0 Å². The summed E-state index contributed by atoms with van der Waals surface area (Å²) in [4.78, 5) is 0. The smallest absolute Gasteiger partial charge is 0.0146 e. The number of rotatable bonds is 7. The Labute approximate surface area is 147 Å². The van der Waals surface area contributed by atoms with E-state index in [9.17, 15) is 0 Å². The Morgan fingerprint density at radius 1 is 0.833 bits per heavy atom. The summed E-state index contributed by atoms with van der Waals surface area (Å²) in [6, 6.07) is 13.8. The van der Waals surface area contributed by atoms with Crippen molar-refractivity contribution in [2.45, 2.75) is 52.4 Å². The van der Waals surface area contributed by atoms with Gasteiger partial charge in [0.15, 0.2) is 0 Å². The minimum Gasteiger partial charge on any atom is -0.103 e. The van der Waals surface area contributed by atoms with E-state index in [0.717, 1.165) is 19.3 Å². The van der Waals surface area contributed by atoms with Crippen molar-refractivity contribution < 1.29 is 0 Å². The Hall–Kier alpha value is -2.08. The maximum Gasteiger partial charge on any atom is 0.0146 e. The molecule has 0 atom stereocenters. The molecule has 0 radical (unpaired) electrons. The van der Waals surface area contributed by atoms with Crippen molar-refractivity contribution in [2.24, 2.45) is 0 Å². The summed E-state index contributed by atoms with van der Waals surface area (Å²) in [6.07, 6.45) is 6.91. The highest BCUT2D eigenvalue weighted by atomic mass is 14.3. The van der Waals surface area contributed by atoms with E-state index in [4.69, 9.17) is 0 Å². The van der Waals surface area contributed by atoms with Crippen molar-refractivity contribution in [3.8, 4) is 0 Å². The second-order valence-corrected chi connectivity index (χ2v) is 7.09. The van der Waals surface area contributed by atoms with E-state index in [1.807, 2.05) is 12.2 Å². The van der Waals surface area contributed by atoms with Crippen LogP contribution in [0.25, 0.3) is 0 Å². The van der Waals surface area contributed by atoms with Crippen LogP contribution in [0.2, 0.25) is 0 Å². The van der Waals surface area contributed by atoms with Gasteiger partial charge in [0, 0.05) is 5.41 Å². The van der Waals surface area contributed by atoms with Gasteiger partial charge in [0.2, 0.25) is 0 Å². The third-order valence-electron chi connectivity index (χ3n) is 5.11. The highest BCUT2D eigenvalue weighted by Gasteiger charge is 2.24. The van der Waals surface area contributed by atoms with Crippen LogP contribution in [0.3, 0.4) is 0 Å². The molecule has 0 amide bonds. The maximum atomic E-state index is 3.91. The van der Waals surface area contributed by atoms with E-state index in [0.29, 0.717) is 0 Å². The lowest BCUT2D eigenvalue weighted by Gasteiger charge is -2.28. The molecule has 0 saturated heterocycles. The normalized spacial score (nSPS) is 11.3. The van der Waals surface area contributed by atoms with Crippen molar-refractivity contribution in [2.75, 3.05) is 0 Å². The molecule has 0 aliphatic heterocycles. The number of hydrogen-bond donors (Lipinski definition) is 0. The minimum absolute atomic E-state index is 0.0220. The van der Waals surface area contributed by atoms with Gasteiger partial charge in [-0.05, 0) is 59.6 Å².